The molecule has 3 N–H and O–H groups in total. The van der Waals surface area contributed by atoms with Crippen molar-refractivity contribution in [3.63, 3.8) is 0 Å². The molecule has 1 aliphatic rings. The normalized spacial score (nSPS) is 17.1. The molecule has 86 valence electrons. The monoisotopic (exact) mass is 213 g/mol. The van der Waals surface area contributed by atoms with Crippen LogP contribution in [0.3, 0.4) is 0 Å². The molecule has 0 spiro atoms. The molecule has 0 radical (unpaired) electrons. The number of carbonyl (C=O) groups excluding carboxylic acids is 2. The lowest BCUT2D eigenvalue weighted by molar-refractivity contribution is -0.126. The lowest BCUT2D eigenvalue weighted by Crippen LogP contribution is -2.40. The van der Waals surface area contributed by atoms with Gasteiger partial charge in [0.2, 0.25) is 11.8 Å². The van der Waals surface area contributed by atoms with Crippen molar-refractivity contribution in [3.8, 4) is 0 Å². The van der Waals surface area contributed by atoms with Gasteiger partial charge in [-0.05, 0) is 25.9 Å². The van der Waals surface area contributed by atoms with E-state index in [-0.39, 0.29) is 17.7 Å². The van der Waals surface area contributed by atoms with Gasteiger partial charge in [-0.15, -0.1) is 0 Å². The van der Waals surface area contributed by atoms with E-state index in [9.17, 15) is 9.59 Å². The Morgan fingerprint density at radius 1 is 1.20 bits per heavy atom. The first-order valence-electron chi connectivity index (χ1n) is 5.43. The molecular weight excluding hydrogens is 194 g/mol. The van der Waals surface area contributed by atoms with E-state index in [1.807, 2.05) is 0 Å². The molecule has 1 saturated heterocycles. The van der Waals surface area contributed by atoms with Crippen molar-refractivity contribution < 1.29 is 9.59 Å². The summed E-state index contributed by atoms with van der Waals surface area (Å²) in [6.07, 6.45) is 1.82. The first-order chi connectivity index (χ1) is 7.20. The smallest absolute Gasteiger partial charge is 0.223 e. The van der Waals surface area contributed by atoms with Gasteiger partial charge < -0.3 is 16.0 Å². The van der Waals surface area contributed by atoms with Crippen LogP contribution in [-0.2, 0) is 9.59 Å². The van der Waals surface area contributed by atoms with Crippen LogP contribution in [0.15, 0.2) is 0 Å². The van der Waals surface area contributed by atoms with Gasteiger partial charge in [0.05, 0.1) is 0 Å². The third-order valence-corrected chi connectivity index (χ3v) is 2.51. The van der Waals surface area contributed by atoms with Crippen molar-refractivity contribution >= 4 is 11.8 Å². The highest BCUT2D eigenvalue weighted by molar-refractivity contribution is 5.78. The second-order valence-corrected chi connectivity index (χ2v) is 3.80. The zero-order valence-electron chi connectivity index (χ0n) is 9.14. The van der Waals surface area contributed by atoms with Crippen LogP contribution in [0.5, 0.6) is 0 Å². The molecule has 2 amide bonds. The van der Waals surface area contributed by atoms with Gasteiger partial charge in [-0.2, -0.15) is 0 Å². The SMILES string of the molecule is CC(=O)NCCNC(=O)C1CCNCC1. The third-order valence-electron chi connectivity index (χ3n) is 2.51. The fourth-order valence-electron chi connectivity index (χ4n) is 1.65. The second-order valence-electron chi connectivity index (χ2n) is 3.80. The summed E-state index contributed by atoms with van der Waals surface area (Å²) < 4.78 is 0. The van der Waals surface area contributed by atoms with Crippen LogP contribution in [0.2, 0.25) is 0 Å². The van der Waals surface area contributed by atoms with Crippen molar-refractivity contribution in [3.05, 3.63) is 0 Å². The number of hydrogen-bond donors (Lipinski definition) is 3. The molecule has 15 heavy (non-hydrogen) atoms. The maximum Gasteiger partial charge on any atom is 0.223 e. The van der Waals surface area contributed by atoms with E-state index >= 15 is 0 Å². The fraction of sp³-hybridized carbons (Fsp3) is 0.800. The summed E-state index contributed by atoms with van der Waals surface area (Å²) in [5, 5.41) is 8.68. The Labute approximate surface area is 90.0 Å². The minimum absolute atomic E-state index is 0.0638. The largest absolute Gasteiger partial charge is 0.355 e. The van der Waals surface area contributed by atoms with Gasteiger partial charge in [-0.3, -0.25) is 9.59 Å². The molecule has 0 saturated carbocycles. The van der Waals surface area contributed by atoms with E-state index in [4.69, 9.17) is 0 Å². The Bertz CT molecular complexity index is 225. The molecule has 0 aliphatic carbocycles. The molecule has 0 aromatic rings. The van der Waals surface area contributed by atoms with Crippen molar-refractivity contribution in [1.82, 2.24) is 16.0 Å². The Kier molecular flexibility index (Phi) is 5.10. The molecule has 1 fully saturated rings. The molecular formula is C10H19N3O2. The third kappa shape index (κ3) is 4.78. The van der Waals surface area contributed by atoms with E-state index in [0.717, 1.165) is 25.9 Å². The van der Waals surface area contributed by atoms with Crippen molar-refractivity contribution in [1.29, 1.82) is 0 Å². The standard InChI is InChI=1S/C10H19N3O2/c1-8(14)12-6-7-13-10(15)9-2-4-11-5-3-9/h9,11H,2-7H2,1H3,(H,12,14)(H,13,15). The summed E-state index contributed by atoms with van der Waals surface area (Å²) >= 11 is 0. The van der Waals surface area contributed by atoms with Crippen LogP contribution in [-0.4, -0.2) is 38.0 Å². The second kappa shape index (κ2) is 6.40. The van der Waals surface area contributed by atoms with Crippen LogP contribution in [0.4, 0.5) is 0 Å². The average Bonchev–Trinajstić information content (AvgIpc) is 2.25. The number of piperidine rings is 1. The van der Waals surface area contributed by atoms with Gasteiger partial charge >= 0.3 is 0 Å². The van der Waals surface area contributed by atoms with Crippen LogP contribution in [0.25, 0.3) is 0 Å². The van der Waals surface area contributed by atoms with E-state index in [0.29, 0.717) is 13.1 Å². The molecule has 0 bridgehead atoms. The zero-order chi connectivity index (χ0) is 11.1. The Morgan fingerprint density at radius 3 is 2.40 bits per heavy atom. The van der Waals surface area contributed by atoms with Gasteiger partial charge in [0.1, 0.15) is 0 Å². The highest BCUT2D eigenvalue weighted by atomic mass is 16.2. The summed E-state index contributed by atoms with van der Waals surface area (Å²) in [4.78, 5) is 22.1. The van der Waals surface area contributed by atoms with Gasteiger partial charge in [0, 0.05) is 25.9 Å². The molecule has 0 atom stereocenters. The van der Waals surface area contributed by atoms with Crippen molar-refractivity contribution in [2.24, 2.45) is 5.92 Å². The van der Waals surface area contributed by atoms with E-state index < -0.39 is 0 Å². The Morgan fingerprint density at radius 2 is 1.80 bits per heavy atom. The predicted molar refractivity (Wildman–Crippen MR) is 57.3 cm³/mol. The average molecular weight is 213 g/mol. The molecule has 1 heterocycles. The number of carbonyl (C=O) groups is 2. The lowest BCUT2D eigenvalue weighted by Gasteiger charge is -2.21. The van der Waals surface area contributed by atoms with Crippen molar-refractivity contribution in [2.45, 2.75) is 19.8 Å². The lowest BCUT2D eigenvalue weighted by atomic mass is 9.97. The molecule has 1 rings (SSSR count). The van der Waals surface area contributed by atoms with Crippen molar-refractivity contribution in [2.75, 3.05) is 26.2 Å². The first kappa shape index (κ1) is 12.0. The topological polar surface area (TPSA) is 70.2 Å². The maximum absolute atomic E-state index is 11.6. The van der Waals surface area contributed by atoms with Crippen LogP contribution < -0.4 is 16.0 Å². The van der Waals surface area contributed by atoms with Gasteiger partial charge in [-0.25, -0.2) is 0 Å². The van der Waals surface area contributed by atoms with E-state index in [2.05, 4.69) is 16.0 Å². The maximum atomic E-state index is 11.6. The highest BCUT2D eigenvalue weighted by Gasteiger charge is 2.19. The first-order valence-corrected chi connectivity index (χ1v) is 5.43. The number of hydrogen-bond acceptors (Lipinski definition) is 3. The van der Waals surface area contributed by atoms with E-state index in [1.165, 1.54) is 6.92 Å². The molecule has 0 aromatic carbocycles. The Hall–Kier alpha value is -1.10. The van der Waals surface area contributed by atoms with Gasteiger partial charge in [0.15, 0.2) is 0 Å². The summed E-state index contributed by atoms with van der Waals surface area (Å²) in [6, 6.07) is 0. The minimum Gasteiger partial charge on any atom is -0.355 e. The van der Waals surface area contributed by atoms with Crippen LogP contribution in [0.1, 0.15) is 19.8 Å². The number of rotatable bonds is 4. The minimum atomic E-state index is -0.0638. The summed E-state index contributed by atoms with van der Waals surface area (Å²) in [5.74, 6) is 0.191. The van der Waals surface area contributed by atoms with Crippen LogP contribution in [0, 0.1) is 5.92 Å². The molecule has 0 aromatic heterocycles. The fourth-order valence-corrected chi connectivity index (χ4v) is 1.65. The van der Waals surface area contributed by atoms with Gasteiger partial charge in [-0.1, -0.05) is 0 Å². The highest BCUT2D eigenvalue weighted by Crippen LogP contribution is 2.10. The summed E-state index contributed by atoms with van der Waals surface area (Å²) in [5.41, 5.74) is 0. The Balaban J connectivity index is 2.09. The van der Waals surface area contributed by atoms with E-state index in [1.54, 1.807) is 0 Å². The quantitative estimate of drug-likeness (QED) is 0.538. The zero-order valence-corrected chi connectivity index (χ0v) is 9.14. The predicted octanol–water partition coefficient (Wildman–Crippen LogP) is -0.762. The van der Waals surface area contributed by atoms with Crippen LogP contribution >= 0.6 is 0 Å². The summed E-state index contributed by atoms with van der Waals surface area (Å²) in [7, 11) is 0. The van der Waals surface area contributed by atoms with Gasteiger partial charge in [0.25, 0.3) is 0 Å². The number of amides is 2. The molecule has 0 unspecified atom stereocenters. The molecule has 5 nitrogen and oxygen atoms in total. The molecule has 5 heteroatoms. The summed E-state index contributed by atoms with van der Waals surface area (Å²) in [6.45, 7) is 4.33. The number of nitrogens with one attached hydrogen (secondary N) is 3. The molecule has 1 aliphatic heterocycles.